The minimum absolute atomic E-state index is 0.102. The normalized spacial score (nSPS) is 11.4. The zero-order chi connectivity index (χ0) is 21.1. The fourth-order valence-corrected chi connectivity index (χ4v) is 4.33. The highest BCUT2D eigenvalue weighted by molar-refractivity contribution is 7.09. The molecule has 5 heteroatoms. The highest BCUT2D eigenvalue weighted by Gasteiger charge is 2.15. The van der Waals surface area contributed by atoms with E-state index in [9.17, 15) is 10.1 Å². The molecule has 148 valence electrons. The molecule has 0 fully saturated rings. The molecular weight excluding hydrogens is 390 g/mol. The van der Waals surface area contributed by atoms with Crippen LogP contribution in [-0.4, -0.2) is 10.5 Å². The van der Waals surface area contributed by atoms with E-state index >= 15 is 0 Å². The lowest BCUT2D eigenvalue weighted by atomic mass is 10.1. The number of benzene rings is 2. The van der Waals surface area contributed by atoms with Gasteiger partial charge in [0, 0.05) is 21.7 Å². The van der Waals surface area contributed by atoms with E-state index in [1.165, 1.54) is 5.39 Å². The molecule has 4 aromatic rings. The molecule has 1 N–H and O–H groups in total. The molecule has 0 spiro atoms. The topological polar surface area (TPSA) is 57.8 Å². The molecular formula is C25H21N3OS. The lowest BCUT2D eigenvalue weighted by Gasteiger charge is -2.13. The van der Waals surface area contributed by atoms with Crippen molar-refractivity contribution in [3.05, 3.63) is 93.4 Å². The highest BCUT2D eigenvalue weighted by Crippen LogP contribution is 2.28. The molecule has 0 aliphatic carbocycles. The van der Waals surface area contributed by atoms with Gasteiger partial charge in [-0.2, -0.15) is 5.26 Å². The summed E-state index contributed by atoms with van der Waals surface area (Å²) in [4.78, 5) is 13.6. The smallest absolute Gasteiger partial charge is 0.262 e. The van der Waals surface area contributed by atoms with Crippen LogP contribution in [0.5, 0.6) is 0 Å². The minimum Gasteiger partial charge on any atom is -0.347 e. The number of rotatable bonds is 5. The predicted molar refractivity (Wildman–Crippen MR) is 123 cm³/mol. The number of carbonyl (C=O) groups excluding carboxylic acids is 1. The first kappa shape index (κ1) is 19.7. The number of carbonyl (C=O) groups is 1. The van der Waals surface area contributed by atoms with E-state index in [2.05, 4.69) is 34.1 Å². The Morgan fingerprint density at radius 2 is 1.93 bits per heavy atom. The van der Waals surface area contributed by atoms with E-state index in [1.54, 1.807) is 17.4 Å². The van der Waals surface area contributed by atoms with E-state index in [0.29, 0.717) is 6.54 Å². The maximum atomic E-state index is 12.5. The van der Waals surface area contributed by atoms with Crippen molar-refractivity contribution < 1.29 is 4.79 Å². The molecule has 2 heterocycles. The summed E-state index contributed by atoms with van der Waals surface area (Å²) in [5.41, 5.74) is 4.09. The van der Waals surface area contributed by atoms with E-state index in [0.717, 1.165) is 32.9 Å². The Balaban J connectivity index is 1.69. The second kappa shape index (κ2) is 8.40. The van der Waals surface area contributed by atoms with Crippen LogP contribution in [0.1, 0.15) is 21.8 Å². The number of nitrogens with zero attached hydrogens (tertiary/aromatic N) is 2. The zero-order valence-electron chi connectivity index (χ0n) is 16.8. The summed E-state index contributed by atoms with van der Waals surface area (Å²) in [6, 6.07) is 22.5. The first-order chi connectivity index (χ1) is 14.6. The Kier molecular flexibility index (Phi) is 5.51. The number of aromatic nitrogens is 1. The van der Waals surface area contributed by atoms with Crippen LogP contribution in [0.3, 0.4) is 0 Å². The molecule has 30 heavy (non-hydrogen) atoms. The zero-order valence-corrected chi connectivity index (χ0v) is 17.7. The molecule has 0 saturated carbocycles. The fourth-order valence-electron chi connectivity index (χ4n) is 3.69. The van der Waals surface area contributed by atoms with Crippen molar-refractivity contribution in [1.82, 2.24) is 9.88 Å². The average molecular weight is 412 g/mol. The van der Waals surface area contributed by atoms with Crippen molar-refractivity contribution in [2.24, 2.45) is 0 Å². The molecule has 0 bridgehead atoms. The summed E-state index contributed by atoms with van der Waals surface area (Å²) in [5.74, 6) is -0.360. The highest BCUT2D eigenvalue weighted by atomic mass is 32.1. The first-order valence-corrected chi connectivity index (χ1v) is 10.6. The van der Waals surface area contributed by atoms with E-state index in [-0.39, 0.29) is 11.5 Å². The molecule has 0 atom stereocenters. The maximum Gasteiger partial charge on any atom is 0.262 e. The van der Waals surface area contributed by atoms with E-state index < -0.39 is 0 Å². The van der Waals surface area contributed by atoms with Gasteiger partial charge in [0.1, 0.15) is 11.6 Å². The summed E-state index contributed by atoms with van der Waals surface area (Å²) in [6.07, 6.45) is 1.67. The van der Waals surface area contributed by atoms with Gasteiger partial charge in [-0.25, -0.2) is 0 Å². The molecule has 0 aliphatic heterocycles. The number of nitriles is 1. The van der Waals surface area contributed by atoms with Crippen LogP contribution in [-0.2, 0) is 11.3 Å². The Morgan fingerprint density at radius 3 is 2.70 bits per heavy atom. The van der Waals surface area contributed by atoms with Gasteiger partial charge < -0.3 is 9.88 Å². The van der Waals surface area contributed by atoms with Gasteiger partial charge in [0.25, 0.3) is 5.91 Å². The number of hydrogen-bond donors (Lipinski definition) is 1. The second-order valence-electron chi connectivity index (χ2n) is 7.09. The number of thiophene rings is 1. The standard InChI is InChI=1S/C25H21N3OS/c1-17-13-20(14-21(15-26)25(29)27-16-22-9-6-12-30-22)18(2)28(17)24-11-5-8-19-7-3-4-10-23(19)24/h3-14H,16H2,1-2H3,(H,27,29)/b21-14+. The quantitative estimate of drug-likeness (QED) is 0.347. The number of nitrogens with one attached hydrogen (secondary N) is 1. The van der Waals surface area contributed by atoms with Gasteiger partial charge in [-0.1, -0.05) is 42.5 Å². The van der Waals surface area contributed by atoms with Crippen LogP contribution < -0.4 is 5.32 Å². The molecule has 0 aliphatic rings. The van der Waals surface area contributed by atoms with Gasteiger partial charge in [-0.15, -0.1) is 11.3 Å². The van der Waals surface area contributed by atoms with Crippen LogP contribution in [0.25, 0.3) is 22.5 Å². The number of amides is 1. The van der Waals surface area contributed by atoms with Crippen molar-refractivity contribution >= 4 is 34.1 Å². The minimum atomic E-state index is -0.360. The lowest BCUT2D eigenvalue weighted by Crippen LogP contribution is -2.23. The van der Waals surface area contributed by atoms with Crippen molar-refractivity contribution in [2.75, 3.05) is 0 Å². The van der Waals surface area contributed by atoms with Gasteiger partial charge in [0.2, 0.25) is 0 Å². The van der Waals surface area contributed by atoms with Crippen LogP contribution in [0.15, 0.2) is 71.6 Å². The summed E-state index contributed by atoms with van der Waals surface area (Å²) in [5, 5.41) is 16.7. The SMILES string of the molecule is Cc1cc(/C=C(\C#N)C(=O)NCc2cccs2)c(C)n1-c1cccc2ccccc12. The molecule has 1 amide bonds. The molecule has 4 nitrogen and oxygen atoms in total. The first-order valence-electron chi connectivity index (χ1n) is 9.68. The van der Waals surface area contributed by atoms with Gasteiger partial charge in [-0.05, 0) is 54.5 Å². The van der Waals surface area contributed by atoms with Crippen LogP contribution in [0.2, 0.25) is 0 Å². The van der Waals surface area contributed by atoms with Crippen LogP contribution >= 0.6 is 11.3 Å². The number of fused-ring (bicyclic) bond motifs is 1. The van der Waals surface area contributed by atoms with Crippen LogP contribution in [0, 0.1) is 25.2 Å². The lowest BCUT2D eigenvalue weighted by molar-refractivity contribution is -0.117. The summed E-state index contributed by atoms with van der Waals surface area (Å²) >= 11 is 1.57. The van der Waals surface area contributed by atoms with Gasteiger partial charge >= 0.3 is 0 Å². The average Bonchev–Trinajstić information content (AvgIpc) is 3.37. The monoisotopic (exact) mass is 411 g/mol. The Morgan fingerprint density at radius 1 is 1.13 bits per heavy atom. The number of aryl methyl sites for hydroxylation is 1. The maximum absolute atomic E-state index is 12.5. The summed E-state index contributed by atoms with van der Waals surface area (Å²) < 4.78 is 2.17. The van der Waals surface area contributed by atoms with Gasteiger partial charge in [0.15, 0.2) is 0 Å². The van der Waals surface area contributed by atoms with Crippen molar-refractivity contribution in [1.29, 1.82) is 5.26 Å². The van der Waals surface area contributed by atoms with Gasteiger partial charge in [0.05, 0.1) is 12.2 Å². The largest absolute Gasteiger partial charge is 0.347 e. The summed E-state index contributed by atoms with van der Waals surface area (Å²) in [6.45, 7) is 4.47. The molecule has 0 saturated heterocycles. The number of hydrogen-bond acceptors (Lipinski definition) is 3. The van der Waals surface area contributed by atoms with E-state index in [1.807, 2.05) is 61.7 Å². The van der Waals surface area contributed by atoms with E-state index in [4.69, 9.17) is 0 Å². The molecule has 2 aromatic carbocycles. The Hall–Kier alpha value is -3.62. The molecule has 4 rings (SSSR count). The third-order valence-electron chi connectivity index (χ3n) is 5.15. The molecule has 0 unspecified atom stereocenters. The summed E-state index contributed by atoms with van der Waals surface area (Å²) in [7, 11) is 0. The van der Waals surface area contributed by atoms with Crippen LogP contribution in [0.4, 0.5) is 0 Å². The third kappa shape index (κ3) is 3.78. The molecule has 2 aromatic heterocycles. The van der Waals surface area contributed by atoms with Crippen molar-refractivity contribution in [3.8, 4) is 11.8 Å². The Bertz CT molecular complexity index is 1280. The van der Waals surface area contributed by atoms with Crippen molar-refractivity contribution in [3.63, 3.8) is 0 Å². The second-order valence-corrected chi connectivity index (χ2v) is 8.12. The van der Waals surface area contributed by atoms with Gasteiger partial charge in [-0.3, -0.25) is 4.79 Å². The van der Waals surface area contributed by atoms with Crippen molar-refractivity contribution in [2.45, 2.75) is 20.4 Å². The third-order valence-corrected chi connectivity index (χ3v) is 6.02. The molecule has 0 radical (unpaired) electrons. The Labute approximate surface area is 179 Å². The fraction of sp³-hybridized carbons (Fsp3) is 0.120. The predicted octanol–water partition coefficient (Wildman–Crippen LogP) is 5.53.